The molecule has 0 aliphatic carbocycles. The van der Waals surface area contributed by atoms with Gasteiger partial charge in [0.05, 0.1) is 13.2 Å². The van der Waals surface area contributed by atoms with Crippen molar-refractivity contribution in [1.29, 1.82) is 0 Å². The van der Waals surface area contributed by atoms with Gasteiger partial charge in [-0.3, -0.25) is 4.84 Å². The first kappa shape index (κ1) is 6.42. The van der Waals surface area contributed by atoms with Crippen molar-refractivity contribution in [2.24, 2.45) is 0 Å². The zero-order chi connectivity index (χ0) is 6.53. The highest BCUT2D eigenvalue weighted by Crippen LogP contribution is 2.00. The van der Waals surface area contributed by atoms with Crippen LogP contribution in [0.2, 0.25) is 0 Å². The average molecular weight is 129 g/mol. The second-order valence-electron chi connectivity index (χ2n) is 1.74. The third-order valence-electron chi connectivity index (χ3n) is 1.02. The van der Waals surface area contributed by atoms with Crippen molar-refractivity contribution in [3.05, 3.63) is 12.0 Å². The molecule has 0 saturated heterocycles. The van der Waals surface area contributed by atoms with Crippen LogP contribution in [-0.4, -0.2) is 13.2 Å². The third kappa shape index (κ3) is 1.93. The molecule has 0 unspecified atom stereocenters. The number of nitrogens with one attached hydrogen (secondary N) is 1. The van der Waals surface area contributed by atoms with Crippen molar-refractivity contribution in [1.82, 2.24) is 5.48 Å². The summed E-state index contributed by atoms with van der Waals surface area (Å²) in [6.07, 6.45) is 2.91. The number of hydroxylamine groups is 1. The molecule has 9 heavy (non-hydrogen) atoms. The summed E-state index contributed by atoms with van der Waals surface area (Å²) < 4.78 is 5.11. The predicted molar refractivity (Wildman–Crippen MR) is 33.4 cm³/mol. The highest BCUT2D eigenvalue weighted by molar-refractivity contribution is 4.89. The van der Waals surface area contributed by atoms with Crippen LogP contribution in [0.1, 0.15) is 13.3 Å². The molecule has 1 rings (SSSR count). The Hall–Kier alpha value is -0.700. The maximum atomic E-state index is 5.11. The Balaban J connectivity index is 2.28. The van der Waals surface area contributed by atoms with Crippen molar-refractivity contribution >= 4 is 0 Å². The van der Waals surface area contributed by atoms with Gasteiger partial charge in [-0.15, -0.1) is 0 Å². The van der Waals surface area contributed by atoms with E-state index >= 15 is 0 Å². The van der Waals surface area contributed by atoms with E-state index in [1.807, 2.05) is 13.0 Å². The van der Waals surface area contributed by atoms with E-state index in [1.54, 1.807) is 0 Å². The topological polar surface area (TPSA) is 30.5 Å². The van der Waals surface area contributed by atoms with Crippen LogP contribution in [0.5, 0.6) is 0 Å². The van der Waals surface area contributed by atoms with Crippen LogP contribution < -0.4 is 5.48 Å². The lowest BCUT2D eigenvalue weighted by atomic mass is 10.4. The first-order valence-electron chi connectivity index (χ1n) is 3.14. The zero-order valence-corrected chi connectivity index (χ0v) is 5.52. The predicted octanol–water partition coefficient (Wildman–Crippen LogP) is 0.789. The smallest absolute Gasteiger partial charge is 0.206 e. The van der Waals surface area contributed by atoms with Gasteiger partial charge in [0.1, 0.15) is 0 Å². The van der Waals surface area contributed by atoms with E-state index in [-0.39, 0.29) is 0 Å². The summed E-state index contributed by atoms with van der Waals surface area (Å²) in [5, 5.41) is 0. The van der Waals surface area contributed by atoms with Crippen LogP contribution in [0.4, 0.5) is 0 Å². The fraction of sp³-hybridized carbons (Fsp3) is 0.667. The second kappa shape index (κ2) is 3.35. The summed E-state index contributed by atoms with van der Waals surface area (Å²) in [5.74, 6) is 0.740. The molecule has 0 radical (unpaired) electrons. The van der Waals surface area contributed by atoms with Crippen LogP contribution in [0.25, 0.3) is 0 Å². The first-order chi connectivity index (χ1) is 4.43. The molecule has 52 valence electrons. The molecule has 1 aliphatic rings. The van der Waals surface area contributed by atoms with Gasteiger partial charge in [-0.1, -0.05) is 0 Å². The van der Waals surface area contributed by atoms with Crippen LogP contribution in [-0.2, 0) is 9.57 Å². The molecule has 0 aromatic rings. The molecular weight excluding hydrogens is 118 g/mol. The Morgan fingerprint density at radius 2 is 2.78 bits per heavy atom. The van der Waals surface area contributed by atoms with E-state index in [9.17, 15) is 0 Å². The number of ether oxygens (including phenoxy) is 1. The Bertz CT molecular complexity index is 112. The summed E-state index contributed by atoms with van der Waals surface area (Å²) in [4.78, 5) is 4.89. The van der Waals surface area contributed by atoms with Crippen LogP contribution in [0, 0.1) is 0 Å². The van der Waals surface area contributed by atoms with Gasteiger partial charge in [-0.2, -0.15) is 0 Å². The lowest BCUT2D eigenvalue weighted by Crippen LogP contribution is -2.20. The van der Waals surface area contributed by atoms with Crippen LogP contribution >= 0.6 is 0 Å². The summed E-state index contributed by atoms with van der Waals surface area (Å²) in [7, 11) is 0. The molecule has 1 aliphatic heterocycles. The third-order valence-corrected chi connectivity index (χ3v) is 1.02. The van der Waals surface area contributed by atoms with Gasteiger partial charge < -0.3 is 4.74 Å². The number of hydrogen-bond acceptors (Lipinski definition) is 3. The molecule has 0 aromatic carbocycles. The van der Waals surface area contributed by atoms with Gasteiger partial charge >= 0.3 is 0 Å². The Morgan fingerprint density at radius 3 is 3.33 bits per heavy atom. The SMILES string of the molecule is CCOC1=CCCON1. The fourth-order valence-electron chi connectivity index (χ4n) is 0.657. The quantitative estimate of drug-likeness (QED) is 0.598. The molecule has 0 spiro atoms. The van der Waals surface area contributed by atoms with E-state index in [1.165, 1.54) is 0 Å². The minimum Gasteiger partial charge on any atom is -0.478 e. The van der Waals surface area contributed by atoms with Gasteiger partial charge in [-0.25, -0.2) is 5.48 Å². The molecule has 0 fully saturated rings. The van der Waals surface area contributed by atoms with E-state index in [4.69, 9.17) is 9.57 Å². The van der Waals surface area contributed by atoms with E-state index in [0.717, 1.165) is 18.9 Å². The maximum Gasteiger partial charge on any atom is 0.206 e. The standard InChI is InChI=1S/C6H11NO2/c1-2-8-6-4-3-5-9-7-6/h4,7H,2-3,5H2,1H3. The summed E-state index contributed by atoms with van der Waals surface area (Å²) in [5.41, 5.74) is 2.66. The molecule has 1 heterocycles. The van der Waals surface area contributed by atoms with Crippen molar-refractivity contribution in [2.45, 2.75) is 13.3 Å². The second-order valence-corrected chi connectivity index (χ2v) is 1.74. The normalized spacial score (nSPS) is 18.1. The summed E-state index contributed by atoms with van der Waals surface area (Å²) >= 11 is 0. The number of rotatable bonds is 2. The molecule has 0 saturated carbocycles. The minimum absolute atomic E-state index is 0.683. The highest BCUT2D eigenvalue weighted by Gasteiger charge is 2.00. The molecule has 3 nitrogen and oxygen atoms in total. The van der Waals surface area contributed by atoms with Crippen molar-refractivity contribution < 1.29 is 9.57 Å². The van der Waals surface area contributed by atoms with Gasteiger partial charge in [-0.05, 0) is 19.4 Å². The molecular formula is C6H11NO2. The van der Waals surface area contributed by atoms with Gasteiger partial charge in [0.25, 0.3) is 0 Å². The Labute approximate surface area is 54.6 Å². The van der Waals surface area contributed by atoms with Gasteiger partial charge in [0.15, 0.2) is 0 Å². The van der Waals surface area contributed by atoms with Crippen LogP contribution in [0.15, 0.2) is 12.0 Å². The Kier molecular flexibility index (Phi) is 2.39. The first-order valence-corrected chi connectivity index (χ1v) is 3.14. The number of hydrogen-bond donors (Lipinski definition) is 1. The maximum absolute atomic E-state index is 5.11. The van der Waals surface area contributed by atoms with Gasteiger partial charge in [0.2, 0.25) is 5.88 Å². The molecule has 0 amide bonds. The monoisotopic (exact) mass is 129 g/mol. The molecule has 3 heteroatoms. The summed E-state index contributed by atoms with van der Waals surface area (Å²) in [6.45, 7) is 3.36. The van der Waals surface area contributed by atoms with E-state index < -0.39 is 0 Å². The Morgan fingerprint density at radius 1 is 1.89 bits per heavy atom. The van der Waals surface area contributed by atoms with Crippen molar-refractivity contribution in [2.75, 3.05) is 13.2 Å². The molecule has 1 N–H and O–H groups in total. The largest absolute Gasteiger partial charge is 0.478 e. The molecule has 0 atom stereocenters. The van der Waals surface area contributed by atoms with Crippen molar-refractivity contribution in [3.8, 4) is 0 Å². The fourth-order valence-corrected chi connectivity index (χ4v) is 0.657. The van der Waals surface area contributed by atoms with Crippen LogP contribution in [0.3, 0.4) is 0 Å². The summed E-state index contributed by atoms with van der Waals surface area (Å²) in [6, 6.07) is 0. The van der Waals surface area contributed by atoms with Crippen molar-refractivity contribution in [3.63, 3.8) is 0 Å². The molecule has 0 bridgehead atoms. The lowest BCUT2D eigenvalue weighted by molar-refractivity contribution is 0.00471. The molecule has 0 aromatic heterocycles. The van der Waals surface area contributed by atoms with E-state index in [0.29, 0.717) is 6.61 Å². The van der Waals surface area contributed by atoms with E-state index in [2.05, 4.69) is 5.48 Å². The zero-order valence-electron chi connectivity index (χ0n) is 5.52. The average Bonchev–Trinajstić information content (AvgIpc) is 1.91. The lowest BCUT2D eigenvalue weighted by Gasteiger charge is -2.14. The minimum atomic E-state index is 0.683. The van der Waals surface area contributed by atoms with Gasteiger partial charge in [0, 0.05) is 0 Å². The highest BCUT2D eigenvalue weighted by atomic mass is 16.7.